The molecule has 0 radical (unpaired) electrons. The van der Waals surface area contributed by atoms with Crippen LogP contribution in [0, 0.1) is 5.82 Å². The standard InChI is InChI=1S/C21H17F4NO3/c1-3-29-18(27)10-12(2)13-6-5-9-17(19(13)22)26-11-15-14(20(26)28)7-4-8-16(15)21(23,24)25/h4-10H,3,11H2,1-2H3/b12-10+. The Balaban J connectivity index is 2.01. The molecule has 0 N–H and O–H groups in total. The number of nitrogens with zero attached hydrogens (tertiary/aromatic N) is 1. The Morgan fingerprint density at radius 3 is 2.55 bits per heavy atom. The summed E-state index contributed by atoms with van der Waals surface area (Å²) in [6.07, 6.45) is -3.50. The first kappa shape index (κ1) is 20.6. The summed E-state index contributed by atoms with van der Waals surface area (Å²) in [4.78, 5) is 25.3. The minimum absolute atomic E-state index is 0.0513. The fraction of sp³-hybridized carbons (Fsp3) is 0.238. The van der Waals surface area contributed by atoms with Gasteiger partial charge >= 0.3 is 12.1 Å². The molecule has 29 heavy (non-hydrogen) atoms. The largest absolute Gasteiger partial charge is 0.463 e. The van der Waals surface area contributed by atoms with Crippen LogP contribution in [0.15, 0.2) is 42.5 Å². The summed E-state index contributed by atoms with van der Waals surface area (Å²) in [5.41, 5.74) is -1.05. The summed E-state index contributed by atoms with van der Waals surface area (Å²) in [7, 11) is 0. The highest BCUT2D eigenvalue weighted by Gasteiger charge is 2.40. The third kappa shape index (κ3) is 3.87. The molecule has 0 bridgehead atoms. The second-order valence-electron chi connectivity index (χ2n) is 6.44. The molecule has 0 atom stereocenters. The first-order valence-corrected chi connectivity index (χ1v) is 8.80. The summed E-state index contributed by atoms with van der Waals surface area (Å²) < 4.78 is 59.8. The van der Waals surface area contributed by atoms with Crippen LogP contribution in [0.4, 0.5) is 23.2 Å². The Morgan fingerprint density at radius 1 is 1.21 bits per heavy atom. The van der Waals surface area contributed by atoms with Gasteiger partial charge in [0.15, 0.2) is 5.82 Å². The second kappa shape index (κ2) is 7.69. The van der Waals surface area contributed by atoms with E-state index in [0.717, 1.165) is 23.1 Å². The normalized spacial score (nSPS) is 14.2. The van der Waals surface area contributed by atoms with Crippen LogP contribution in [0.25, 0.3) is 5.57 Å². The van der Waals surface area contributed by atoms with Gasteiger partial charge in [0.05, 0.1) is 24.4 Å². The Kier molecular flexibility index (Phi) is 5.46. The lowest BCUT2D eigenvalue weighted by Gasteiger charge is -2.19. The lowest BCUT2D eigenvalue weighted by Crippen LogP contribution is -2.24. The number of amides is 1. The van der Waals surface area contributed by atoms with Gasteiger partial charge in [0, 0.05) is 17.2 Å². The van der Waals surface area contributed by atoms with Crippen molar-refractivity contribution in [3.8, 4) is 0 Å². The van der Waals surface area contributed by atoms with Crippen molar-refractivity contribution >= 4 is 23.1 Å². The zero-order valence-corrected chi connectivity index (χ0v) is 15.6. The van der Waals surface area contributed by atoms with Gasteiger partial charge in [-0.15, -0.1) is 0 Å². The van der Waals surface area contributed by atoms with Crippen molar-refractivity contribution in [3.05, 3.63) is 70.5 Å². The smallest absolute Gasteiger partial charge is 0.416 e. The number of rotatable bonds is 4. The molecule has 1 aliphatic rings. The maximum Gasteiger partial charge on any atom is 0.416 e. The molecule has 1 amide bonds. The highest BCUT2D eigenvalue weighted by atomic mass is 19.4. The zero-order valence-electron chi connectivity index (χ0n) is 15.6. The summed E-state index contributed by atoms with van der Waals surface area (Å²) >= 11 is 0. The topological polar surface area (TPSA) is 46.6 Å². The highest BCUT2D eigenvalue weighted by Crippen LogP contribution is 2.39. The van der Waals surface area contributed by atoms with E-state index in [9.17, 15) is 22.8 Å². The molecule has 2 aromatic carbocycles. The molecule has 0 aromatic heterocycles. The van der Waals surface area contributed by atoms with E-state index < -0.39 is 36.0 Å². The van der Waals surface area contributed by atoms with Gasteiger partial charge in [-0.25, -0.2) is 9.18 Å². The van der Waals surface area contributed by atoms with Crippen LogP contribution in [0.1, 0.15) is 40.9 Å². The van der Waals surface area contributed by atoms with E-state index in [-0.39, 0.29) is 34.6 Å². The molecule has 8 heteroatoms. The van der Waals surface area contributed by atoms with Gasteiger partial charge in [0.25, 0.3) is 5.91 Å². The Bertz CT molecular complexity index is 1010. The summed E-state index contributed by atoms with van der Waals surface area (Å²) in [5.74, 6) is -2.16. The van der Waals surface area contributed by atoms with E-state index in [1.54, 1.807) is 6.92 Å². The van der Waals surface area contributed by atoms with Gasteiger partial charge in [0.2, 0.25) is 0 Å². The number of carbonyl (C=O) groups is 2. The van der Waals surface area contributed by atoms with Crippen molar-refractivity contribution in [2.75, 3.05) is 11.5 Å². The molecule has 0 saturated heterocycles. The van der Waals surface area contributed by atoms with Gasteiger partial charge in [-0.1, -0.05) is 18.2 Å². The Labute approximate surface area is 164 Å². The van der Waals surface area contributed by atoms with Crippen LogP contribution < -0.4 is 4.90 Å². The molecule has 0 fully saturated rings. The lowest BCUT2D eigenvalue weighted by molar-refractivity contribution is -0.138. The van der Waals surface area contributed by atoms with Crippen molar-refractivity contribution in [1.29, 1.82) is 0 Å². The number of fused-ring (bicyclic) bond motifs is 1. The predicted octanol–water partition coefficient (Wildman–Crippen LogP) is 4.97. The number of carbonyl (C=O) groups excluding carboxylic acids is 2. The van der Waals surface area contributed by atoms with Crippen molar-refractivity contribution in [3.63, 3.8) is 0 Å². The number of benzene rings is 2. The number of alkyl halides is 3. The maximum absolute atomic E-state index is 15.1. The predicted molar refractivity (Wildman–Crippen MR) is 98.6 cm³/mol. The number of anilines is 1. The average molecular weight is 407 g/mol. The molecule has 0 unspecified atom stereocenters. The molecule has 4 nitrogen and oxygen atoms in total. The van der Waals surface area contributed by atoms with Gasteiger partial charge < -0.3 is 9.64 Å². The fourth-order valence-electron chi connectivity index (χ4n) is 3.26. The number of halogens is 4. The Morgan fingerprint density at radius 2 is 1.90 bits per heavy atom. The van der Waals surface area contributed by atoms with Crippen molar-refractivity contribution in [2.24, 2.45) is 0 Å². The average Bonchev–Trinajstić information content (AvgIpc) is 2.98. The van der Waals surface area contributed by atoms with E-state index in [1.807, 2.05) is 0 Å². The fourth-order valence-corrected chi connectivity index (χ4v) is 3.26. The van der Waals surface area contributed by atoms with E-state index in [2.05, 4.69) is 0 Å². The summed E-state index contributed by atoms with van der Waals surface area (Å²) in [6.45, 7) is 2.90. The van der Waals surface area contributed by atoms with Gasteiger partial charge in [0.1, 0.15) is 0 Å². The van der Waals surface area contributed by atoms with Crippen LogP contribution >= 0.6 is 0 Å². The van der Waals surface area contributed by atoms with Gasteiger partial charge in [-0.05, 0) is 43.2 Å². The second-order valence-corrected chi connectivity index (χ2v) is 6.44. The molecule has 1 aliphatic heterocycles. The quantitative estimate of drug-likeness (QED) is 0.408. The summed E-state index contributed by atoms with van der Waals surface area (Å²) in [5, 5.41) is 0. The Hall–Kier alpha value is -3.16. The lowest BCUT2D eigenvalue weighted by atomic mass is 10.0. The number of hydrogen-bond donors (Lipinski definition) is 0. The molecular formula is C21H17F4NO3. The first-order valence-electron chi connectivity index (χ1n) is 8.80. The molecular weight excluding hydrogens is 390 g/mol. The zero-order chi connectivity index (χ0) is 21.3. The van der Waals surface area contributed by atoms with Gasteiger partial charge in [-0.3, -0.25) is 4.79 Å². The van der Waals surface area contributed by atoms with Gasteiger partial charge in [-0.2, -0.15) is 13.2 Å². The number of allylic oxidation sites excluding steroid dienone is 1. The number of esters is 1. The molecule has 1 heterocycles. The van der Waals surface area contributed by atoms with Crippen molar-refractivity contribution in [1.82, 2.24) is 0 Å². The first-order chi connectivity index (χ1) is 13.6. The highest BCUT2D eigenvalue weighted by molar-refractivity contribution is 6.10. The van der Waals surface area contributed by atoms with Crippen LogP contribution in [0.5, 0.6) is 0 Å². The third-order valence-corrected chi connectivity index (χ3v) is 4.59. The van der Waals surface area contributed by atoms with E-state index in [0.29, 0.717) is 0 Å². The summed E-state index contributed by atoms with van der Waals surface area (Å²) in [6, 6.07) is 7.54. The number of hydrogen-bond acceptors (Lipinski definition) is 3. The van der Waals surface area contributed by atoms with E-state index >= 15 is 4.39 Å². The van der Waals surface area contributed by atoms with Crippen LogP contribution in [-0.4, -0.2) is 18.5 Å². The monoisotopic (exact) mass is 407 g/mol. The van der Waals surface area contributed by atoms with E-state index in [4.69, 9.17) is 4.74 Å². The van der Waals surface area contributed by atoms with Crippen LogP contribution in [0.3, 0.4) is 0 Å². The van der Waals surface area contributed by atoms with Crippen LogP contribution in [0.2, 0.25) is 0 Å². The molecule has 0 spiro atoms. The van der Waals surface area contributed by atoms with Crippen molar-refractivity contribution in [2.45, 2.75) is 26.6 Å². The molecule has 2 aromatic rings. The molecule has 152 valence electrons. The third-order valence-electron chi connectivity index (χ3n) is 4.59. The van der Waals surface area contributed by atoms with Crippen molar-refractivity contribution < 1.29 is 31.9 Å². The SMILES string of the molecule is CCOC(=O)/C=C(\C)c1cccc(N2Cc3c(cccc3C(F)(F)F)C2=O)c1F. The molecule has 0 saturated carbocycles. The minimum atomic E-state index is -4.62. The minimum Gasteiger partial charge on any atom is -0.463 e. The molecule has 3 rings (SSSR count). The number of ether oxygens (including phenoxy) is 1. The maximum atomic E-state index is 15.1. The van der Waals surface area contributed by atoms with E-state index in [1.165, 1.54) is 31.2 Å². The van der Waals surface area contributed by atoms with Crippen LogP contribution in [-0.2, 0) is 22.3 Å². The molecule has 0 aliphatic carbocycles.